The first-order valence-corrected chi connectivity index (χ1v) is 8.63. The second kappa shape index (κ2) is 6.78. The molecule has 0 N–H and O–H groups in total. The summed E-state index contributed by atoms with van der Waals surface area (Å²) in [6.07, 6.45) is 2.35. The van der Waals surface area contributed by atoms with Crippen molar-refractivity contribution < 1.29 is 13.9 Å². The average molecular weight is 340 g/mol. The van der Waals surface area contributed by atoms with Gasteiger partial charge in [0.1, 0.15) is 12.8 Å². The highest BCUT2D eigenvalue weighted by Crippen LogP contribution is 2.46. The highest BCUT2D eigenvalue weighted by Gasteiger charge is 2.49. The molecule has 2 fully saturated rings. The van der Waals surface area contributed by atoms with Crippen molar-refractivity contribution in [2.75, 3.05) is 13.7 Å². The maximum Gasteiger partial charge on any atom is 0.311 e. The van der Waals surface area contributed by atoms with Crippen LogP contribution in [0.1, 0.15) is 37.7 Å². The lowest BCUT2D eigenvalue weighted by atomic mass is 9.76. The summed E-state index contributed by atoms with van der Waals surface area (Å²) in [4.78, 5) is 15.0. The molecule has 0 aliphatic carbocycles. The molecule has 3 nitrogen and oxygen atoms in total. The van der Waals surface area contributed by atoms with Crippen molar-refractivity contribution in [2.45, 2.75) is 50.3 Å². The Hall–Kier alpha value is -1.13. The van der Waals surface area contributed by atoms with Crippen molar-refractivity contribution in [1.29, 1.82) is 0 Å². The number of nitrogens with zero attached hydrogens (tertiary/aromatic N) is 1. The summed E-state index contributed by atoms with van der Waals surface area (Å²) in [5.74, 6) is -0.401. The van der Waals surface area contributed by atoms with Crippen molar-refractivity contribution in [2.24, 2.45) is 5.92 Å². The molecule has 2 aliphatic rings. The molecule has 23 heavy (non-hydrogen) atoms. The predicted molar refractivity (Wildman–Crippen MR) is 88.4 cm³/mol. The Labute approximate surface area is 141 Å². The first kappa shape index (κ1) is 16.7. The van der Waals surface area contributed by atoms with E-state index in [0.717, 1.165) is 24.8 Å². The van der Waals surface area contributed by atoms with E-state index in [-0.39, 0.29) is 23.8 Å². The van der Waals surface area contributed by atoms with E-state index >= 15 is 0 Å². The first-order chi connectivity index (χ1) is 11.0. The fraction of sp³-hybridized carbons (Fsp3) is 0.611. The van der Waals surface area contributed by atoms with Crippen LogP contribution < -0.4 is 0 Å². The molecule has 2 bridgehead atoms. The number of esters is 1. The molecule has 1 aromatic carbocycles. The largest absolute Gasteiger partial charge is 0.460 e. The molecule has 5 heteroatoms. The van der Waals surface area contributed by atoms with Crippen molar-refractivity contribution >= 4 is 17.6 Å². The fourth-order valence-corrected chi connectivity index (χ4v) is 4.28. The van der Waals surface area contributed by atoms with Crippen molar-refractivity contribution in [1.82, 2.24) is 4.90 Å². The van der Waals surface area contributed by atoms with Crippen LogP contribution in [-0.2, 0) is 9.53 Å². The summed E-state index contributed by atoms with van der Waals surface area (Å²) in [7, 11) is 2.08. The molecule has 2 heterocycles. The third-order valence-electron chi connectivity index (χ3n) is 5.37. The number of halogens is 2. The number of fused-ring (bicyclic) bond motifs is 2. The van der Waals surface area contributed by atoms with Gasteiger partial charge in [0.15, 0.2) is 0 Å². The van der Waals surface area contributed by atoms with Gasteiger partial charge >= 0.3 is 5.97 Å². The zero-order valence-corrected chi connectivity index (χ0v) is 14.3. The summed E-state index contributed by atoms with van der Waals surface area (Å²) in [6, 6.07) is 8.40. The molecule has 0 saturated carbocycles. The number of piperidine rings is 1. The number of ether oxygens (including phenoxy) is 1. The van der Waals surface area contributed by atoms with Gasteiger partial charge in [-0.05, 0) is 50.9 Å². The molecule has 0 amide bonds. The lowest BCUT2D eigenvalue weighted by molar-refractivity contribution is -0.158. The fourth-order valence-electron chi connectivity index (χ4n) is 4.15. The molecule has 0 radical (unpaired) electrons. The summed E-state index contributed by atoms with van der Waals surface area (Å²) in [5, 5.41) is 0.690. The highest BCUT2D eigenvalue weighted by molar-refractivity contribution is 6.30. The molecule has 3 rings (SSSR count). The lowest BCUT2D eigenvalue weighted by Crippen LogP contribution is -2.49. The summed E-state index contributed by atoms with van der Waals surface area (Å²) in [5.41, 5.74) is 1.12. The standard InChI is InChI=1S/C18H23ClFNO2/c1-11(10-20)23-18(22)17-15(12-3-5-13(19)6-4-12)9-14-7-8-16(17)21(14)2/h3-6,11,14-17H,7-10H2,1-2H3/t11-,14-,15+,16+,17-/m0/s1. The zero-order valence-electron chi connectivity index (χ0n) is 13.5. The zero-order chi connectivity index (χ0) is 16.6. The van der Waals surface area contributed by atoms with Crippen molar-refractivity contribution in [3.8, 4) is 0 Å². The van der Waals surface area contributed by atoms with Crippen LogP contribution in [0.15, 0.2) is 24.3 Å². The second-order valence-corrected chi connectivity index (χ2v) is 7.22. The van der Waals surface area contributed by atoms with Gasteiger partial charge in [-0.2, -0.15) is 0 Å². The maximum absolute atomic E-state index is 12.7. The van der Waals surface area contributed by atoms with Crippen molar-refractivity contribution in [3.05, 3.63) is 34.9 Å². The van der Waals surface area contributed by atoms with E-state index in [1.807, 2.05) is 24.3 Å². The monoisotopic (exact) mass is 339 g/mol. The minimum absolute atomic E-state index is 0.111. The van der Waals surface area contributed by atoms with Crippen LogP contribution in [0.25, 0.3) is 0 Å². The summed E-state index contributed by atoms with van der Waals surface area (Å²) in [6.45, 7) is 0.951. The van der Waals surface area contributed by atoms with E-state index in [9.17, 15) is 9.18 Å². The number of rotatable bonds is 4. The van der Waals surface area contributed by atoms with Gasteiger partial charge in [-0.1, -0.05) is 23.7 Å². The summed E-state index contributed by atoms with van der Waals surface area (Å²) >= 11 is 5.99. The van der Waals surface area contributed by atoms with Crippen LogP contribution in [0.4, 0.5) is 4.39 Å². The minimum atomic E-state index is -0.683. The normalized spacial score (nSPS) is 31.8. The van der Waals surface area contributed by atoms with Crippen LogP contribution in [0.3, 0.4) is 0 Å². The van der Waals surface area contributed by atoms with Gasteiger partial charge in [0, 0.05) is 23.0 Å². The number of hydrogen-bond acceptors (Lipinski definition) is 3. The minimum Gasteiger partial charge on any atom is -0.460 e. The Kier molecular flexibility index (Phi) is 4.93. The molecule has 0 aromatic heterocycles. The Balaban J connectivity index is 1.89. The molecule has 126 valence electrons. The van der Waals surface area contributed by atoms with E-state index < -0.39 is 12.8 Å². The van der Waals surface area contributed by atoms with E-state index in [0.29, 0.717) is 11.1 Å². The molecule has 1 aromatic rings. The van der Waals surface area contributed by atoms with E-state index in [1.54, 1.807) is 6.92 Å². The number of carbonyl (C=O) groups excluding carboxylic acids is 1. The molecular weight excluding hydrogens is 317 g/mol. The lowest BCUT2D eigenvalue weighted by Gasteiger charge is -2.42. The SMILES string of the molecule is C[C@@H](CF)OC(=O)[C@H]1[C@@H](c2ccc(Cl)cc2)C[C@@H]2CC[C@H]1N2C. The van der Waals surface area contributed by atoms with Gasteiger partial charge in [0.2, 0.25) is 0 Å². The number of hydrogen-bond donors (Lipinski definition) is 0. The molecular formula is C18H23ClFNO2. The van der Waals surface area contributed by atoms with E-state index in [2.05, 4.69) is 11.9 Å². The quantitative estimate of drug-likeness (QED) is 0.781. The third-order valence-corrected chi connectivity index (χ3v) is 5.63. The highest BCUT2D eigenvalue weighted by atomic mass is 35.5. The molecule has 2 aliphatic heterocycles. The van der Waals surface area contributed by atoms with Crippen LogP contribution in [-0.4, -0.2) is 42.8 Å². The first-order valence-electron chi connectivity index (χ1n) is 8.25. The molecule has 5 atom stereocenters. The van der Waals surface area contributed by atoms with Crippen LogP contribution in [0, 0.1) is 5.92 Å². The van der Waals surface area contributed by atoms with E-state index in [4.69, 9.17) is 16.3 Å². The topological polar surface area (TPSA) is 29.5 Å². The number of carbonyl (C=O) groups is 1. The van der Waals surface area contributed by atoms with E-state index in [1.165, 1.54) is 0 Å². The van der Waals surface area contributed by atoms with Crippen molar-refractivity contribution in [3.63, 3.8) is 0 Å². The van der Waals surface area contributed by atoms with Gasteiger partial charge in [0.05, 0.1) is 5.92 Å². The van der Waals surface area contributed by atoms with Gasteiger partial charge in [0.25, 0.3) is 0 Å². The summed E-state index contributed by atoms with van der Waals surface area (Å²) < 4.78 is 18.1. The van der Waals surface area contributed by atoms with Gasteiger partial charge in [-0.25, -0.2) is 4.39 Å². The van der Waals surface area contributed by atoms with Gasteiger partial charge in [-0.15, -0.1) is 0 Å². The second-order valence-electron chi connectivity index (χ2n) is 6.79. The Morgan fingerprint density at radius 3 is 2.74 bits per heavy atom. The Morgan fingerprint density at radius 2 is 2.09 bits per heavy atom. The van der Waals surface area contributed by atoms with Crippen LogP contribution in [0.2, 0.25) is 5.02 Å². The Morgan fingerprint density at radius 1 is 1.39 bits per heavy atom. The number of benzene rings is 1. The van der Waals surface area contributed by atoms with Gasteiger partial charge < -0.3 is 4.74 Å². The molecule has 0 spiro atoms. The number of alkyl halides is 1. The predicted octanol–water partition coefficient (Wildman–Crippen LogP) is 3.81. The smallest absolute Gasteiger partial charge is 0.311 e. The van der Waals surface area contributed by atoms with Gasteiger partial charge in [-0.3, -0.25) is 9.69 Å². The third kappa shape index (κ3) is 3.24. The van der Waals surface area contributed by atoms with Crippen LogP contribution in [0.5, 0.6) is 0 Å². The van der Waals surface area contributed by atoms with Crippen LogP contribution >= 0.6 is 11.6 Å². The maximum atomic E-state index is 12.7. The molecule has 0 unspecified atom stereocenters. The average Bonchev–Trinajstić information content (AvgIpc) is 2.78. The molecule has 2 saturated heterocycles. The Bertz CT molecular complexity index is 565.